The van der Waals surface area contributed by atoms with Crippen LogP contribution in [0, 0.1) is 5.41 Å². The highest BCUT2D eigenvalue weighted by molar-refractivity contribution is 7.98. The van der Waals surface area contributed by atoms with Gasteiger partial charge in [-0.3, -0.25) is 4.79 Å². The summed E-state index contributed by atoms with van der Waals surface area (Å²) in [6, 6.07) is 0.238. The van der Waals surface area contributed by atoms with E-state index in [0.29, 0.717) is 0 Å². The lowest BCUT2D eigenvalue weighted by Gasteiger charge is -2.38. The first-order valence-corrected chi connectivity index (χ1v) is 7.89. The predicted octanol–water partition coefficient (Wildman–Crippen LogP) is 2.02. The number of rotatable bonds is 5. The second kappa shape index (κ2) is 6.64. The molecule has 1 amide bonds. The van der Waals surface area contributed by atoms with Crippen molar-refractivity contribution in [2.75, 3.05) is 18.6 Å². The van der Waals surface area contributed by atoms with Crippen molar-refractivity contribution in [3.05, 3.63) is 0 Å². The van der Waals surface area contributed by atoms with Gasteiger partial charge in [-0.15, -0.1) is 0 Å². The number of hydrogen-bond acceptors (Lipinski definition) is 3. The van der Waals surface area contributed by atoms with E-state index in [1.165, 1.54) is 6.42 Å². The third-order valence-electron chi connectivity index (χ3n) is 3.53. The molecular formula is C13H26N2OS. The van der Waals surface area contributed by atoms with Crippen LogP contribution in [0.4, 0.5) is 0 Å². The summed E-state index contributed by atoms with van der Waals surface area (Å²) in [5.41, 5.74) is 0.0710. The fourth-order valence-electron chi connectivity index (χ4n) is 2.35. The number of nitrogens with one attached hydrogen (secondary N) is 2. The maximum atomic E-state index is 12.2. The van der Waals surface area contributed by atoms with E-state index < -0.39 is 0 Å². The monoisotopic (exact) mass is 258 g/mol. The predicted molar refractivity (Wildman–Crippen MR) is 75.4 cm³/mol. The van der Waals surface area contributed by atoms with Crippen LogP contribution in [0.25, 0.3) is 0 Å². The number of amides is 1. The largest absolute Gasteiger partial charge is 0.352 e. The standard InChI is InChI=1S/C13H26N2OS/c1-10(6-9-17-4)15-12(16)11-13(2,3)7-5-8-14-11/h10-11,14H,5-9H2,1-4H3,(H,15,16). The van der Waals surface area contributed by atoms with Gasteiger partial charge in [0.15, 0.2) is 0 Å². The molecule has 0 aromatic rings. The SMILES string of the molecule is CSCCC(C)NC(=O)C1NCCCC1(C)C. The second-order valence-corrected chi connectivity index (χ2v) is 6.66. The van der Waals surface area contributed by atoms with Crippen molar-refractivity contribution in [3.8, 4) is 0 Å². The first-order chi connectivity index (χ1) is 7.97. The minimum atomic E-state index is -0.0343. The van der Waals surface area contributed by atoms with Crippen molar-refractivity contribution in [1.29, 1.82) is 0 Å². The van der Waals surface area contributed by atoms with Gasteiger partial charge in [-0.05, 0) is 50.2 Å². The Hall–Kier alpha value is -0.220. The lowest BCUT2D eigenvalue weighted by atomic mass is 9.77. The first-order valence-electron chi connectivity index (χ1n) is 6.50. The van der Waals surface area contributed by atoms with Crippen molar-refractivity contribution in [2.24, 2.45) is 5.41 Å². The molecule has 4 heteroatoms. The van der Waals surface area contributed by atoms with Crippen LogP contribution in [0.15, 0.2) is 0 Å². The number of thioether (sulfide) groups is 1. The maximum Gasteiger partial charge on any atom is 0.237 e. The molecule has 2 atom stereocenters. The first kappa shape index (κ1) is 14.8. The highest BCUT2D eigenvalue weighted by atomic mass is 32.2. The van der Waals surface area contributed by atoms with Crippen molar-refractivity contribution in [1.82, 2.24) is 10.6 Å². The number of hydrogen-bond donors (Lipinski definition) is 2. The van der Waals surface area contributed by atoms with Gasteiger partial charge < -0.3 is 10.6 Å². The minimum absolute atomic E-state index is 0.0343. The molecule has 1 heterocycles. The summed E-state index contributed by atoms with van der Waals surface area (Å²) in [5, 5.41) is 6.48. The molecule has 0 saturated carbocycles. The Morgan fingerprint density at radius 1 is 1.59 bits per heavy atom. The normalized spacial score (nSPS) is 25.3. The van der Waals surface area contributed by atoms with Gasteiger partial charge in [0, 0.05) is 6.04 Å². The number of carbonyl (C=O) groups is 1. The Morgan fingerprint density at radius 2 is 2.29 bits per heavy atom. The molecule has 0 spiro atoms. The maximum absolute atomic E-state index is 12.2. The summed E-state index contributed by atoms with van der Waals surface area (Å²) >= 11 is 1.83. The zero-order chi connectivity index (χ0) is 12.9. The third kappa shape index (κ3) is 4.51. The summed E-state index contributed by atoms with van der Waals surface area (Å²) in [4.78, 5) is 12.2. The molecule has 17 heavy (non-hydrogen) atoms. The van der Waals surface area contributed by atoms with Crippen LogP contribution in [0.2, 0.25) is 0 Å². The molecule has 1 aliphatic rings. The average molecular weight is 258 g/mol. The van der Waals surface area contributed by atoms with E-state index in [1.807, 2.05) is 11.8 Å². The van der Waals surface area contributed by atoms with Gasteiger partial charge in [0.05, 0.1) is 6.04 Å². The molecule has 0 radical (unpaired) electrons. The van der Waals surface area contributed by atoms with Gasteiger partial charge in [0.25, 0.3) is 0 Å². The van der Waals surface area contributed by atoms with E-state index in [0.717, 1.165) is 25.1 Å². The van der Waals surface area contributed by atoms with Gasteiger partial charge in [0.2, 0.25) is 5.91 Å². The molecule has 1 rings (SSSR count). The van der Waals surface area contributed by atoms with Crippen LogP contribution in [0.3, 0.4) is 0 Å². The molecule has 0 aliphatic carbocycles. The molecule has 0 aromatic heterocycles. The quantitative estimate of drug-likeness (QED) is 0.793. The summed E-state index contributed by atoms with van der Waals surface area (Å²) in [6.45, 7) is 7.40. The van der Waals surface area contributed by atoms with E-state index in [-0.39, 0.29) is 23.4 Å². The van der Waals surface area contributed by atoms with E-state index in [4.69, 9.17) is 0 Å². The van der Waals surface area contributed by atoms with E-state index in [2.05, 4.69) is 37.7 Å². The van der Waals surface area contributed by atoms with Crippen LogP contribution in [0.5, 0.6) is 0 Å². The Balaban J connectivity index is 2.45. The molecule has 1 fully saturated rings. The Bertz CT molecular complexity index is 256. The van der Waals surface area contributed by atoms with Gasteiger partial charge in [-0.1, -0.05) is 13.8 Å². The highest BCUT2D eigenvalue weighted by Gasteiger charge is 2.37. The second-order valence-electron chi connectivity index (χ2n) is 5.67. The minimum Gasteiger partial charge on any atom is -0.352 e. The Kier molecular flexibility index (Phi) is 5.80. The average Bonchev–Trinajstić information content (AvgIpc) is 2.25. The Labute approximate surface area is 109 Å². The van der Waals surface area contributed by atoms with Crippen LogP contribution in [-0.2, 0) is 4.79 Å². The Morgan fingerprint density at radius 3 is 2.88 bits per heavy atom. The fourth-order valence-corrected chi connectivity index (χ4v) is 2.94. The van der Waals surface area contributed by atoms with Crippen molar-refractivity contribution in [2.45, 2.75) is 52.1 Å². The lowest BCUT2D eigenvalue weighted by Crippen LogP contribution is -2.56. The third-order valence-corrected chi connectivity index (χ3v) is 4.18. The van der Waals surface area contributed by atoms with Crippen LogP contribution >= 0.6 is 11.8 Å². The molecule has 2 N–H and O–H groups in total. The van der Waals surface area contributed by atoms with Crippen molar-refractivity contribution >= 4 is 17.7 Å². The van der Waals surface area contributed by atoms with Gasteiger partial charge in [-0.2, -0.15) is 11.8 Å². The molecule has 0 bridgehead atoms. The molecule has 1 aliphatic heterocycles. The van der Waals surface area contributed by atoms with Crippen molar-refractivity contribution < 1.29 is 4.79 Å². The zero-order valence-electron chi connectivity index (χ0n) is 11.5. The number of carbonyl (C=O) groups excluding carboxylic acids is 1. The summed E-state index contributed by atoms with van der Waals surface area (Å²) in [7, 11) is 0. The van der Waals surface area contributed by atoms with E-state index in [9.17, 15) is 4.79 Å². The molecule has 100 valence electrons. The van der Waals surface area contributed by atoms with E-state index in [1.54, 1.807) is 0 Å². The summed E-state index contributed by atoms with van der Waals surface area (Å²) in [5.74, 6) is 1.27. The van der Waals surface area contributed by atoms with Gasteiger partial charge in [0.1, 0.15) is 0 Å². The smallest absolute Gasteiger partial charge is 0.237 e. The zero-order valence-corrected chi connectivity index (χ0v) is 12.3. The molecular weight excluding hydrogens is 232 g/mol. The van der Waals surface area contributed by atoms with Crippen molar-refractivity contribution in [3.63, 3.8) is 0 Å². The molecule has 3 nitrogen and oxygen atoms in total. The van der Waals surface area contributed by atoms with Gasteiger partial charge >= 0.3 is 0 Å². The highest BCUT2D eigenvalue weighted by Crippen LogP contribution is 2.30. The van der Waals surface area contributed by atoms with Crippen LogP contribution in [0.1, 0.15) is 40.0 Å². The lowest BCUT2D eigenvalue weighted by molar-refractivity contribution is -0.127. The summed E-state index contributed by atoms with van der Waals surface area (Å²) < 4.78 is 0. The van der Waals surface area contributed by atoms with Crippen LogP contribution < -0.4 is 10.6 Å². The topological polar surface area (TPSA) is 41.1 Å². The van der Waals surface area contributed by atoms with Crippen LogP contribution in [-0.4, -0.2) is 36.5 Å². The molecule has 0 aromatic carbocycles. The number of piperidine rings is 1. The molecule has 2 unspecified atom stereocenters. The summed E-state index contributed by atoms with van der Waals surface area (Å²) in [6.07, 6.45) is 5.43. The van der Waals surface area contributed by atoms with Gasteiger partial charge in [-0.25, -0.2) is 0 Å². The fraction of sp³-hybridized carbons (Fsp3) is 0.923. The van der Waals surface area contributed by atoms with E-state index >= 15 is 0 Å². The molecule has 1 saturated heterocycles.